The molecule has 1 aromatic rings. The maximum Gasteiger partial charge on any atom is 0.312 e. The molecule has 1 aromatic carbocycles. The summed E-state index contributed by atoms with van der Waals surface area (Å²) in [4.78, 5) is 11.5. The average Bonchev–Trinajstić information content (AvgIpc) is 2.47. The third-order valence-corrected chi connectivity index (χ3v) is 3.80. The fourth-order valence-electron chi connectivity index (χ4n) is 2.52. The molecule has 0 spiro atoms. The maximum absolute atomic E-state index is 11.5. The Labute approximate surface area is 109 Å². The minimum atomic E-state index is -0.183. The van der Waals surface area contributed by atoms with Crippen molar-refractivity contribution in [1.29, 1.82) is 0 Å². The summed E-state index contributed by atoms with van der Waals surface area (Å²) in [6.45, 7) is 4.08. The van der Waals surface area contributed by atoms with E-state index < -0.39 is 0 Å². The molecular weight excluding hydrogens is 226 g/mol. The van der Waals surface area contributed by atoms with Crippen LogP contribution in [0.1, 0.15) is 42.7 Å². The quantitative estimate of drug-likeness (QED) is 0.834. The van der Waals surface area contributed by atoms with Gasteiger partial charge in [-0.25, -0.2) is 0 Å². The first kappa shape index (κ1) is 13.1. The summed E-state index contributed by atoms with van der Waals surface area (Å²) in [6, 6.07) is 8.42. The van der Waals surface area contributed by atoms with Gasteiger partial charge >= 0.3 is 5.97 Å². The number of methoxy groups -OCH3 is 1. The van der Waals surface area contributed by atoms with E-state index in [0.29, 0.717) is 5.92 Å². The molecule has 3 nitrogen and oxygen atoms in total. The number of rotatable bonds is 3. The van der Waals surface area contributed by atoms with Gasteiger partial charge in [0.25, 0.3) is 0 Å². The summed E-state index contributed by atoms with van der Waals surface area (Å²) >= 11 is 0. The molecule has 98 valence electrons. The van der Waals surface area contributed by atoms with Crippen LogP contribution in [-0.4, -0.2) is 26.2 Å². The third-order valence-electron chi connectivity index (χ3n) is 3.80. The molecule has 0 saturated carbocycles. The Morgan fingerprint density at radius 1 is 1.28 bits per heavy atom. The van der Waals surface area contributed by atoms with Crippen LogP contribution in [0.3, 0.4) is 0 Å². The molecule has 0 amide bonds. The van der Waals surface area contributed by atoms with Crippen LogP contribution in [0.4, 0.5) is 0 Å². The van der Waals surface area contributed by atoms with Gasteiger partial charge in [-0.15, -0.1) is 0 Å². The van der Waals surface area contributed by atoms with Gasteiger partial charge in [0.05, 0.1) is 13.0 Å². The highest BCUT2D eigenvalue weighted by Crippen LogP contribution is 2.26. The molecule has 1 N–H and O–H groups in total. The molecule has 1 atom stereocenters. The molecule has 1 fully saturated rings. The van der Waals surface area contributed by atoms with Gasteiger partial charge in [0.2, 0.25) is 0 Å². The van der Waals surface area contributed by atoms with Crippen molar-refractivity contribution in [3.63, 3.8) is 0 Å². The van der Waals surface area contributed by atoms with Crippen LogP contribution in [0, 0.1) is 0 Å². The molecule has 1 aliphatic rings. The zero-order valence-electron chi connectivity index (χ0n) is 11.1. The largest absolute Gasteiger partial charge is 0.469 e. The minimum absolute atomic E-state index is 0.176. The van der Waals surface area contributed by atoms with Gasteiger partial charge < -0.3 is 10.1 Å². The van der Waals surface area contributed by atoms with Crippen molar-refractivity contribution < 1.29 is 9.53 Å². The highest BCUT2D eigenvalue weighted by molar-refractivity contribution is 5.77. The summed E-state index contributed by atoms with van der Waals surface area (Å²) in [7, 11) is 1.43. The van der Waals surface area contributed by atoms with Crippen molar-refractivity contribution in [3.8, 4) is 0 Å². The summed E-state index contributed by atoms with van der Waals surface area (Å²) < 4.78 is 4.77. The maximum atomic E-state index is 11.5. The summed E-state index contributed by atoms with van der Waals surface area (Å²) in [6.07, 6.45) is 2.40. The number of benzene rings is 1. The van der Waals surface area contributed by atoms with Gasteiger partial charge in [-0.3, -0.25) is 4.79 Å². The number of carbonyl (C=O) groups is 1. The van der Waals surface area contributed by atoms with E-state index in [1.165, 1.54) is 25.5 Å². The molecule has 1 unspecified atom stereocenters. The number of hydrogen-bond donors (Lipinski definition) is 1. The second-order valence-electron chi connectivity index (χ2n) is 4.94. The fourth-order valence-corrected chi connectivity index (χ4v) is 2.52. The lowest BCUT2D eigenvalue weighted by atomic mass is 9.88. The molecule has 1 aliphatic heterocycles. The fraction of sp³-hybridized carbons (Fsp3) is 0.533. The Hall–Kier alpha value is -1.35. The molecule has 3 heteroatoms. The van der Waals surface area contributed by atoms with Crippen LogP contribution in [-0.2, 0) is 9.53 Å². The summed E-state index contributed by atoms with van der Waals surface area (Å²) in [5.74, 6) is 0.301. The van der Waals surface area contributed by atoms with Crippen molar-refractivity contribution in [2.24, 2.45) is 0 Å². The Bertz CT molecular complexity index is 393. The second kappa shape index (κ2) is 6.01. The SMILES string of the molecule is COC(=O)C(C)c1ccc(C2CCNCC2)cc1. The van der Waals surface area contributed by atoms with Gasteiger partial charge in [0.15, 0.2) is 0 Å². The first-order valence-electron chi connectivity index (χ1n) is 6.60. The topological polar surface area (TPSA) is 38.3 Å². The van der Waals surface area contributed by atoms with Crippen LogP contribution in [0.2, 0.25) is 0 Å². The smallest absolute Gasteiger partial charge is 0.312 e. The molecule has 1 heterocycles. The zero-order valence-corrected chi connectivity index (χ0v) is 11.1. The van der Waals surface area contributed by atoms with Gasteiger partial charge in [-0.05, 0) is 49.9 Å². The van der Waals surface area contributed by atoms with Crippen LogP contribution < -0.4 is 5.32 Å². The monoisotopic (exact) mass is 247 g/mol. The van der Waals surface area contributed by atoms with Crippen LogP contribution in [0.25, 0.3) is 0 Å². The van der Waals surface area contributed by atoms with E-state index in [-0.39, 0.29) is 11.9 Å². The Morgan fingerprint density at radius 3 is 2.44 bits per heavy atom. The van der Waals surface area contributed by atoms with E-state index in [2.05, 4.69) is 29.6 Å². The van der Waals surface area contributed by atoms with Crippen molar-refractivity contribution in [2.45, 2.75) is 31.6 Å². The number of carbonyl (C=O) groups excluding carboxylic acids is 1. The van der Waals surface area contributed by atoms with Gasteiger partial charge in [-0.1, -0.05) is 24.3 Å². The predicted octanol–water partition coefficient (Wildman–Crippen LogP) is 2.43. The molecular formula is C15H21NO2. The highest BCUT2D eigenvalue weighted by Gasteiger charge is 2.18. The lowest BCUT2D eigenvalue weighted by molar-refractivity contribution is -0.141. The third kappa shape index (κ3) is 2.91. The molecule has 0 aromatic heterocycles. The first-order valence-corrected chi connectivity index (χ1v) is 6.60. The van der Waals surface area contributed by atoms with Crippen LogP contribution in [0.15, 0.2) is 24.3 Å². The molecule has 2 rings (SSSR count). The number of hydrogen-bond acceptors (Lipinski definition) is 3. The molecule has 1 saturated heterocycles. The number of nitrogens with one attached hydrogen (secondary N) is 1. The lowest BCUT2D eigenvalue weighted by Gasteiger charge is -2.23. The number of ether oxygens (including phenoxy) is 1. The normalized spacial score (nSPS) is 18.3. The predicted molar refractivity (Wildman–Crippen MR) is 71.7 cm³/mol. The van der Waals surface area contributed by atoms with Gasteiger partial charge in [0, 0.05) is 0 Å². The molecule has 18 heavy (non-hydrogen) atoms. The average molecular weight is 247 g/mol. The van der Waals surface area contributed by atoms with E-state index in [1.54, 1.807) is 0 Å². The van der Waals surface area contributed by atoms with Gasteiger partial charge in [-0.2, -0.15) is 0 Å². The van der Waals surface area contributed by atoms with Crippen molar-refractivity contribution in [3.05, 3.63) is 35.4 Å². The summed E-state index contributed by atoms with van der Waals surface area (Å²) in [5, 5.41) is 3.38. The van der Waals surface area contributed by atoms with E-state index >= 15 is 0 Å². The van der Waals surface area contributed by atoms with E-state index in [9.17, 15) is 4.79 Å². The van der Waals surface area contributed by atoms with Crippen molar-refractivity contribution in [1.82, 2.24) is 5.32 Å². The highest BCUT2D eigenvalue weighted by atomic mass is 16.5. The zero-order chi connectivity index (χ0) is 13.0. The molecule has 0 radical (unpaired) electrons. The van der Waals surface area contributed by atoms with Crippen molar-refractivity contribution >= 4 is 5.97 Å². The van der Waals surface area contributed by atoms with Crippen LogP contribution >= 0.6 is 0 Å². The summed E-state index contributed by atoms with van der Waals surface area (Å²) in [5.41, 5.74) is 2.41. The van der Waals surface area contributed by atoms with Crippen LogP contribution in [0.5, 0.6) is 0 Å². The van der Waals surface area contributed by atoms with Crippen molar-refractivity contribution in [2.75, 3.05) is 20.2 Å². The second-order valence-corrected chi connectivity index (χ2v) is 4.94. The van der Waals surface area contributed by atoms with E-state index in [1.807, 2.05) is 6.92 Å². The molecule has 0 bridgehead atoms. The standard InChI is InChI=1S/C15H21NO2/c1-11(15(17)18-2)12-3-5-13(6-4-12)14-7-9-16-10-8-14/h3-6,11,14,16H,7-10H2,1-2H3. The Morgan fingerprint density at radius 2 is 1.89 bits per heavy atom. The molecule has 0 aliphatic carbocycles. The lowest BCUT2D eigenvalue weighted by Crippen LogP contribution is -2.26. The Balaban J connectivity index is 2.07. The first-order chi connectivity index (χ1) is 8.72. The number of piperidine rings is 1. The van der Waals surface area contributed by atoms with Gasteiger partial charge in [0.1, 0.15) is 0 Å². The number of esters is 1. The van der Waals surface area contributed by atoms with E-state index in [4.69, 9.17) is 4.74 Å². The Kier molecular flexibility index (Phi) is 4.37. The minimum Gasteiger partial charge on any atom is -0.469 e. The van der Waals surface area contributed by atoms with E-state index in [0.717, 1.165) is 18.7 Å².